The Morgan fingerprint density at radius 2 is 1.86 bits per heavy atom. The summed E-state index contributed by atoms with van der Waals surface area (Å²) in [6.45, 7) is 3.48. The smallest absolute Gasteiger partial charge is 0.0366 e. The third-order valence-electron chi connectivity index (χ3n) is 4.97. The molecule has 1 aromatic carbocycles. The van der Waals surface area contributed by atoms with Crippen molar-refractivity contribution in [2.45, 2.75) is 56.4 Å². The van der Waals surface area contributed by atoms with Gasteiger partial charge in [0.15, 0.2) is 0 Å². The van der Waals surface area contributed by atoms with Crippen LogP contribution < -0.4 is 10.2 Å². The van der Waals surface area contributed by atoms with Crippen LogP contribution in [0.3, 0.4) is 0 Å². The Bertz CT molecular complexity index is 425. The summed E-state index contributed by atoms with van der Waals surface area (Å²) in [5.41, 5.74) is 2.82. The molecule has 0 bridgehead atoms. The lowest BCUT2D eigenvalue weighted by atomic mass is 10.1. The minimum absolute atomic E-state index is 0.726. The monoisotopic (exact) mass is 304 g/mol. The maximum atomic E-state index is 3.73. The highest BCUT2D eigenvalue weighted by Crippen LogP contribution is 2.28. The predicted molar refractivity (Wildman–Crippen MR) is 94.3 cm³/mol. The molecule has 3 rings (SSSR count). The highest BCUT2D eigenvalue weighted by Gasteiger charge is 2.23. The van der Waals surface area contributed by atoms with Crippen molar-refractivity contribution < 1.29 is 0 Å². The summed E-state index contributed by atoms with van der Waals surface area (Å²) in [5.74, 6) is 0. The molecular formula is C18H28N2S. The third kappa shape index (κ3) is 4.17. The van der Waals surface area contributed by atoms with Crippen LogP contribution in [0.4, 0.5) is 5.69 Å². The molecule has 2 fully saturated rings. The Kier molecular flexibility index (Phi) is 5.48. The van der Waals surface area contributed by atoms with Gasteiger partial charge in [-0.05, 0) is 62.5 Å². The molecule has 116 valence electrons. The average molecular weight is 305 g/mol. The number of nitrogens with zero attached hydrogens (tertiary/aromatic N) is 1. The van der Waals surface area contributed by atoms with Crippen molar-refractivity contribution in [3.8, 4) is 0 Å². The van der Waals surface area contributed by atoms with Gasteiger partial charge in [0, 0.05) is 36.6 Å². The molecule has 0 radical (unpaired) electrons. The lowest BCUT2D eigenvalue weighted by Crippen LogP contribution is -2.29. The Morgan fingerprint density at radius 1 is 1.10 bits per heavy atom. The van der Waals surface area contributed by atoms with Gasteiger partial charge in [0.25, 0.3) is 0 Å². The molecular weight excluding hydrogens is 276 g/mol. The van der Waals surface area contributed by atoms with E-state index in [1.807, 2.05) is 11.8 Å². The highest BCUT2D eigenvalue weighted by atomic mass is 32.2. The number of hydrogen-bond acceptors (Lipinski definition) is 3. The molecule has 1 heterocycles. The highest BCUT2D eigenvalue weighted by molar-refractivity contribution is 7.99. The first-order chi connectivity index (χ1) is 10.3. The zero-order valence-corrected chi connectivity index (χ0v) is 14.0. The van der Waals surface area contributed by atoms with Crippen LogP contribution >= 0.6 is 11.8 Å². The molecule has 2 unspecified atom stereocenters. The first-order valence-electron chi connectivity index (χ1n) is 8.45. The van der Waals surface area contributed by atoms with Crippen molar-refractivity contribution in [3.63, 3.8) is 0 Å². The van der Waals surface area contributed by atoms with E-state index in [0.717, 1.165) is 17.8 Å². The topological polar surface area (TPSA) is 15.3 Å². The predicted octanol–water partition coefficient (Wildman–Crippen LogP) is 4.05. The van der Waals surface area contributed by atoms with E-state index in [9.17, 15) is 0 Å². The molecule has 21 heavy (non-hydrogen) atoms. The Labute approximate surface area is 133 Å². The number of nitrogens with one attached hydrogen (secondary N) is 1. The minimum Gasteiger partial charge on any atom is -0.372 e. The van der Waals surface area contributed by atoms with Gasteiger partial charge in [-0.2, -0.15) is 11.8 Å². The maximum absolute atomic E-state index is 3.73. The van der Waals surface area contributed by atoms with Crippen LogP contribution in [0, 0.1) is 0 Å². The summed E-state index contributed by atoms with van der Waals surface area (Å²) in [6, 6.07) is 9.95. The van der Waals surface area contributed by atoms with E-state index >= 15 is 0 Å². The molecule has 1 saturated carbocycles. The van der Waals surface area contributed by atoms with Crippen molar-refractivity contribution in [1.82, 2.24) is 5.32 Å². The van der Waals surface area contributed by atoms with E-state index < -0.39 is 0 Å². The van der Waals surface area contributed by atoms with Crippen LogP contribution in [0.25, 0.3) is 0 Å². The summed E-state index contributed by atoms with van der Waals surface area (Å²) in [4.78, 5) is 2.53. The van der Waals surface area contributed by atoms with E-state index in [-0.39, 0.29) is 0 Å². The fourth-order valence-electron chi connectivity index (χ4n) is 3.58. The average Bonchev–Trinajstić information content (AvgIpc) is 3.02. The number of piperidine rings is 1. The summed E-state index contributed by atoms with van der Waals surface area (Å²) in [7, 11) is 0. The van der Waals surface area contributed by atoms with Gasteiger partial charge in [-0.3, -0.25) is 0 Å². The molecule has 1 saturated heterocycles. The van der Waals surface area contributed by atoms with E-state index in [1.54, 1.807) is 0 Å². The van der Waals surface area contributed by atoms with Gasteiger partial charge in [0.2, 0.25) is 0 Å². The Hall–Kier alpha value is -0.670. The summed E-state index contributed by atoms with van der Waals surface area (Å²) in [6.07, 6.45) is 10.4. The summed E-state index contributed by atoms with van der Waals surface area (Å²) in [5, 5.41) is 4.61. The van der Waals surface area contributed by atoms with E-state index in [1.165, 1.54) is 62.9 Å². The molecule has 0 spiro atoms. The van der Waals surface area contributed by atoms with E-state index in [0.29, 0.717) is 0 Å². The second kappa shape index (κ2) is 7.55. The van der Waals surface area contributed by atoms with Crippen LogP contribution in [0.5, 0.6) is 0 Å². The Morgan fingerprint density at radius 3 is 2.52 bits per heavy atom. The van der Waals surface area contributed by atoms with Gasteiger partial charge in [-0.1, -0.05) is 12.1 Å². The van der Waals surface area contributed by atoms with Gasteiger partial charge in [0.1, 0.15) is 0 Å². The van der Waals surface area contributed by atoms with Crippen molar-refractivity contribution in [1.29, 1.82) is 0 Å². The van der Waals surface area contributed by atoms with Crippen LogP contribution in [-0.4, -0.2) is 30.6 Å². The van der Waals surface area contributed by atoms with Crippen molar-refractivity contribution in [3.05, 3.63) is 29.8 Å². The lowest BCUT2D eigenvalue weighted by molar-refractivity contribution is 0.525. The standard InChI is InChI=1S/C18H28N2S/c1-21-18-10-7-16(13-18)19-14-15-5-8-17(9-6-15)20-11-3-2-4-12-20/h5-6,8-9,16,18-19H,2-4,7,10-14H2,1H3. The summed E-state index contributed by atoms with van der Waals surface area (Å²) >= 11 is 2.03. The van der Waals surface area contributed by atoms with Crippen LogP contribution in [0.1, 0.15) is 44.1 Å². The van der Waals surface area contributed by atoms with E-state index in [2.05, 4.69) is 40.7 Å². The zero-order valence-electron chi connectivity index (χ0n) is 13.2. The largest absolute Gasteiger partial charge is 0.372 e. The molecule has 0 aromatic heterocycles. The quantitative estimate of drug-likeness (QED) is 0.883. The first kappa shape index (κ1) is 15.2. The minimum atomic E-state index is 0.726. The van der Waals surface area contributed by atoms with Crippen LogP contribution in [-0.2, 0) is 6.54 Å². The van der Waals surface area contributed by atoms with Crippen LogP contribution in [0.2, 0.25) is 0 Å². The summed E-state index contributed by atoms with van der Waals surface area (Å²) < 4.78 is 0. The lowest BCUT2D eigenvalue weighted by Gasteiger charge is -2.29. The maximum Gasteiger partial charge on any atom is 0.0366 e. The van der Waals surface area contributed by atoms with Gasteiger partial charge < -0.3 is 10.2 Å². The molecule has 1 aliphatic heterocycles. The van der Waals surface area contributed by atoms with Crippen molar-refractivity contribution in [2.75, 3.05) is 24.2 Å². The number of rotatable bonds is 5. The molecule has 2 aliphatic rings. The van der Waals surface area contributed by atoms with Crippen molar-refractivity contribution >= 4 is 17.4 Å². The van der Waals surface area contributed by atoms with Crippen molar-refractivity contribution in [2.24, 2.45) is 0 Å². The third-order valence-corrected chi connectivity index (χ3v) is 6.07. The molecule has 1 aromatic rings. The number of benzene rings is 1. The van der Waals surface area contributed by atoms with Gasteiger partial charge in [-0.15, -0.1) is 0 Å². The molecule has 0 amide bonds. The zero-order chi connectivity index (χ0) is 14.5. The first-order valence-corrected chi connectivity index (χ1v) is 9.74. The Balaban J connectivity index is 1.48. The fourth-order valence-corrected chi connectivity index (χ4v) is 4.38. The number of anilines is 1. The SMILES string of the molecule is CSC1CCC(NCc2ccc(N3CCCCC3)cc2)C1. The normalized spacial score (nSPS) is 26.2. The van der Waals surface area contributed by atoms with E-state index in [4.69, 9.17) is 0 Å². The van der Waals surface area contributed by atoms with Gasteiger partial charge in [-0.25, -0.2) is 0 Å². The van der Waals surface area contributed by atoms with Gasteiger partial charge >= 0.3 is 0 Å². The molecule has 1 aliphatic carbocycles. The second-order valence-electron chi connectivity index (χ2n) is 6.46. The number of hydrogen-bond donors (Lipinski definition) is 1. The molecule has 2 nitrogen and oxygen atoms in total. The second-order valence-corrected chi connectivity index (χ2v) is 7.60. The molecule has 1 N–H and O–H groups in total. The molecule has 2 atom stereocenters. The van der Waals surface area contributed by atoms with Crippen LogP contribution in [0.15, 0.2) is 24.3 Å². The number of thioether (sulfide) groups is 1. The fraction of sp³-hybridized carbons (Fsp3) is 0.667. The van der Waals surface area contributed by atoms with Gasteiger partial charge in [0.05, 0.1) is 0 Å². The molecule has 3 heteroatoms.